The maximum atomic E-state index is 12.6. The third-order valence-corrected chi connectivity index (χ3v) is 6.12. The Labute approximate surface area is 208 Å². The van der Waals surface area contributed by atoms with E-state index in [4.69, 9.17) is 10.00 Å². The number of aryl methyl sites for hydroxylation is 1. The molecular formula is C26H27F2N5O3. The van der Waals surface area contributed by atoms with Crippen LogP contribution in [-0.2, 0) is 24.4 Å². The Bertz CT molecular complexity index is 1220. The molecule has 1 saturated heterocycles. The van der Waals surface area contributed by atoms with Crippen molar-refractivity contribution in [3.63, 3.8) is 0 Å². The number of carbonyl (C=O) groups excluding carboxylic acids is 1. The van der Waals surface area contributed by atoms with E-state index in [1.165, 1.54) is 6.07 Å². The van der Waals surface area contributed by atoms with Gasteiger partial charge in [-0.1, -0.05) is 30.3 Å². The molecule has 1 aromatic heterocycles. The Hall–Kier alpha value is -3.97. The smallest absolute Gasteiger partial charge is 0.410 e. The van der Waals surface area contributed by atoms with E-state index in [9.17, 15) is 13.6 Å². The number of ether oxygens (including phenoxy) is 2. The Kier molecular flexibility index (Phi) is 8.13. The number of imidazole rings is 1. The second-order valence-electron chi connectivity index (χ2n) is 8.50. The summed E-state index contributed by atoms with van der Waals surface area (Å²) in [5, 5.41) is 9.00. The molecule has 2 heterocycles. The number of halogens is 2. The summed E-state index contributed by atoms with van der Waals surface area (Å²) in [5.74, 6) is 0.908. The van der Waals surface area contributed by atoms with Crippen molar-refractivity contribution in [3.05, 3.63) is 82.9 Å². The molecule has 36 heavy (non-hydrogen) atoms. The van der Waals surface area contributed by atoms with E-state index in [-0.39, 0.29) is 12.4 Å². The van der Waals surface area contributed by atoms with Crippen LogP contribution in [0.3, 0.4) is 0 Å². The molecule has 1 aliphatic heterocycles. The van der Waals surface area contributed by atoms with Crippen molar-refractivity contribution < 1.29 is 23.0 Å². The normalized spacial score (nSPS) is 14.0. The lowest BCUT2D eigenvalue weighted by Gasteiger charge is -2.34. The summed E-state index contributed by atoms with van der Waals surface area (Å²) in [6.07, 6.45) is 1.39. The number of hydrogen-bond donors (Lipinski definition) is 0. The molecule has 0 bridgehead atoms. The first-order valence-electron chi connectivity index (χ1n) is 11.6. The molecule has 4 rings (SSSR count). The fourth-order valence-corrected chi connectivity index (χ4v) is 4.11. The van der Waals surface area contributed by atoms with Crippen LogP contribution in [0.4, 0.5) is 13.6 Å². The highest BCUT2D eigenvalue weighted by Crippen LogP contribution is 2.21. The monoisotopic (exact) mass is 495 g/mol. The minimum absolute atomic E-state index is 0.00182. The molecule has 1 amide bonds. The van der Waals surface area contributed by atoms with E-state index in [0.717, 1.165) is 17.1 Å². The molecule has 0 unspecified atom stereocenters. The van der Waals surface area contributed by atoms with Crippen LogP contribution in [0.2, 0.25) is 0 Å². The second-order valence-corrected chi connectivity index (χ2v) is 8.50. The number of piperazine rings is 1. The fraction of sp³-hybridized carbons (Fsp3) is 0.346. The van der Waals surface area contributed by atoms with Gasteiger partial charge in [-0.15, -0.1) is 0 Å². The lowest BCUT2D eigenvalue weighted by atomic mass is 10.1. The maximum absolute atomic E-state index is 12.6. The largest absolute Gasteiger partial charge is 0.444 e. The minimum atomic E-state index is -2.95. The average Bonchev–Trinajstić information content (AvgIpc) is 3.22. The lowest BCUT2D eigenvalue weighted by Crippen LogP contribution is -2.48. The zero-order valence-electron chi connectivity index (χ0n) is 19.9. The molecule has 8 nitrogen and oxygen atoms in total. The Morgan fingerprint density at radius 2 is 1.81 bits per heavy atom. The number of amides is 1. The maximum Gasteiger partial charge on any atom is 0.410 e. The first-order valence-corrected chi connectivity index (χ1v) is 11.6. The van der Waals surface area contributed by atoms with Crippen molar-refractivity contribution in [1.82, 2.24) is 19.4 Å². The number of nitriles is 1. The zero-order chi connectivity index (χ0) is 25.5. The third-order valence-electron chi connectivity index (χ3n) is 6.12. The molecule has 10 heteroatoms. The highest BCUT2D eigenvalue weighted by molar-refractivity contribution is 5.67. The predicted octanol–water partition coefficient (Wildman–Crippen LogP) is 4.17. The standard InChI is InChI=1S/C26H27F2N5O3/c1-19-30-15-23(33(19)16-21-8-6-20(14-29)7-9-21)17-31-10-12-32(13-11-31)26(34)35-18-22-4-2-3-5-24(22)36-25(27)28/h2-9,15,25H,10-13,16-18H2,1H3. The number of alkyl halides is 2. The van der Waals surface area contributed by atoms with Gasteiger partial charge in [0.05, 0.1) is 17.3 Å². The van der Waals surface area contributed by atoms with Gasteiger partial charge in [0.25, 0.3) is 0 Å². The van der Waals surface area contributed by atoms with Crippen LogP contribution >= 0.6 is 0 Å². The van der Waals surface area contributed by atoms with Crippen LogP contribution in [0, 0.1) is 18.3 Å². The van der Waals surface area contributed by atoms with Gasteiger partial charge in [-0.05, 0) is 30.7 Å². The van der Waals surface area contributed by atoms with E-state index < -0.39 is 12.7 Å². The van der Waals surface area contributed by atoms with E-state index in [1.54, 1.807) is 23.1 Å². The molecule has 0 atom stereocenters. The number of hydrogen-bond acceptors (Lipinski definition) is 6. The van der Waals surface area contributed by atoms with Crippen LogP contribution in [0.25, 0.3) is 0 Å². The quantitative estimate of drug-likeness (QED) is 0.467. The summed E-state index contributed by atoms with van der Waals surface area (Å²) in [6, 6.07) is 15.9. The molecular weight excluding hydrogens is 468 g/mol. The third kappa shape index (κ3) is 6.37. The van der Waals surface area contributed by atoms with E-state index in [2.05, 4.69) is 25.3 Å². The summed E-state index contributed by atoms with van der Waals surface area (Å²) < 4.78 is 37.2. The van der Waals surface area contributed by atoms with Crippen molar-refractivity contribution in [1.29, 1.82) is 5.26 Å². The van der Waals surface area contributed by atoms with Gasteiger partial charge in [-0.25, -0.2) is 9.78 Å². The zero-order valence-corrected chi connectivity index (χ0v) is 19.9. The Morgan fingerprint density at radius 3 is 2.50 bits per heavy atom. The van der Waals surface area contributed by atoms with Gasteiger partial charge in [-0.2, -0.15) is 14.0 Å². The van der Waals surface area contributed by atoms with Crippen molar-refractivity contribution in [2.45, 2.75) is 33.2 Å². The van der Waals surface area contributed by atoms with Gasteiger partial charge in [0.15, 0.2) is 0 Å². The average molecular weight is 496 g/mol. The Balaban J connectivity index is 1.28. The van der Waals surface area contributed by atoms with Gasteiger partial charge in [0, 0.05) is 51.0 Å². The number of carbonyl (C=O) groups is 1. The van der Waals surface area contributed by atoms with Crippen molar-refractivity contribution >= 4 is 6.09 Å². The van der Waals surface area contributed by atoms with Crippen molar-refractivity contribution in [2.75, 3.05) is 26.2 Å². The number of aromatic nitrogens is 2. The van der Waals surface area contributed by atoms with Gasteiger partial charge in [-0.3, -0.25) is 4.90 Å². The number of nitrogens with zero attached hydrogens (tertiary/aromatic N) is 5. The van der Waals surface area contributed by atoms with E-state index in [0.29, 0.717) is 50.4 Å². The molecule has 0 saturated carbocycles. The molecule has 3 aromatic rings. The van der Waals surface area contributed by atoms with Gasteiger partial charge < -0.3 is 18.9 Å². The molecule has 0 N–H and O–H groups in total. The molecule has 0 radical (unpaired) electrons. The molecule has 1 aliphatic rings. The first-order chi connectivity index (χ1) is 17.4. The van der Waals surface area contributed by atoms with E-state index >= 15 is 0 Å². The molecule has 0 spiro atoms. The SMILES string of the molecule is Cc1ncc(CN2CCN(C(=O)OCc3ccccc3OC(F)F)CC2)n1Cc1ccc(C#N)cc1. The summed E-state index contributed by atoms with van der Waals surface area (Å²) in [5.41, 5.74) is 3.17. The predicted molar refractivity (Wildman–Crippen MR) is 127 cm³/mol. The number of rotatable bonds is 8. The fourth-order valence-electron chi connectivity index (χ4n) is 4.11. The molecule has 2 aromatic carbocycles. The van der Waals surface area contributed by atoms with Gasteiger partial charge >= 0.3 is 12.7 Å². The van der Waals surface area contributed by atoms with Gasteiger partial charge in [0.2, 0.25) is 0 Å². The summed E-state index contributed by atoms with van der Waals surface area (Å²) in [7, 11) is 0. The van der Waals surface area contributed by atoms with Crippen LogP contribution in [0.1, 0.15) is 28.2 Å². The van der Waals surface area contributed by atoms with Crippen LogP contribution in [-0.4, -0.2) is 58.2 Å². The van der Waals surface area contributed by atoms with Crippen molar-refractivity contribution in [3.8, 4) is 11.8 Å². The van der Waals surface area contributed by atoms with Crippen molar-refractivity contribution in [2.24, 2.45) is 0 Å². The number of benzene rings is 2. The minimum Gasteiger partial charge on any atom is -0.444 e. The van der Waals surface area contributed by atoms with Gasteiger partial charge in [0.1, 0.15) is 18.2 Å². The van der Waals surface area contributed by atoms with Crippen LogP contribution < -0.4 is 4.74 Å². The molecule has 188 valence electrons. The summed E-state index contributed by atoms with van der Waals surface area (Å²) in [6.45, 7) is 2.56. The topological polar surface area (TPSA) is 83.6 Å². The lowest BCUT2D eigenvalue weighted by molar-refractivity contribution is -0.0510. The van der Waals surface area contributed by atoms with E-state index in [1.807, 2.05) is 37.4 Å². The van der Waals surface area contributed by atoms with Crippen LogP contribution in [0.15, 0.2) is 54.7 Å². The Morgan fingerprint density at radius 1 is 1.08 bits per heavy atom. The highest BCUT2D eigenvalue weighted by atomic mass is 19.3. The highest BCUT2D eigenvalue weighted by Gasteiger charge is 2.24. The summed E-state index contributed by atoms with van der Waals surface area (Å²) >= 11 is 0. The van der Waals surface area contributed by atoms with Crippen LogP contribution in [0.5, 0.6) is 5.75 Å². The number of para-hydroxylation sites is 1. The molecule has 0 aliphatic carbocycles. The first kappa shape index (κ1) is 25.1. The molecule has 1 fully saturated rings. The summed E-state index contributed by atoms with van der Waals surface area (Å²) in [4.78, 5) is 20.9. The second kappa shape index (κ2) is 11.6.